The summed E-state index contributed by atoms with van der Waals surface area (Å²) < 4.78 is 4.98. The van der Waals surface area contributed by atoms with E-state index in [2.05, 4.69) is 6.92 Å². The Morgan fingerprint density at radius 1 is 1.29 bits per heavy atom. The van der Waals surface area contributed by atoms with Gasteiger partial charge in [0.1, 0.15) is 4.84 Å². The highest BCUT2D eigenvalue weighted by Crippen LogP contribution is 2.10. The predicted molar refractivity (Wildman–Crippen MR) is 59.8 cm³/mol. The van der Waals surface area contributed by atoms with Gasteiger partial charge in [-0.25, -0.2) is 0 Å². The largest absolute Gasteiger partial charge is 0.466 e. The maximum atomic E-state index is 11.0. The molecule has 0 bridgehead atoms. The zero-order valence-corrected chi connectivity index (χ0v) is 10.1. The van der Waals surface area contributed by atoms with Crippen LogP contribution in [0.2, 0.25) is 0 Å². The van der Waals surface area contributed by atoms with Crippen molar-refractivity contribution in [3.05, 3.63) is 0 Å². The summed E-state index contributed by atoms with van der Waals surface area (Å²) in [6.45, 7) is 2.67. The second kappa shape index (κ2) is 9.60. The molecule has 0 amide bonds. The molecule has 0 spiro atoms. The lowest BCUT2D eigenvalue weighted by molar-refractivity contribution is -0.143. The molecule has 0 atom stereocenters. The number of carbonyl (C=O) groups is 1. The summed E-state index contributed by atoms with van der Waals surface area (Å²) in [7, 11) is 0. The molecule has 0 fully saturated rings. The van der Waals surface area contributed by atoms with Crippen LogP contribution in [-0.2, 0) is 9.53 Å². The van der Waals surface area contributed by atoms with Gasteiger partial charge >= 0.3 is 5.97 Å². The Hall–Kier alpha value is 0.0500. The first-order valence-corrected chi connectivity index (χ1v) is 5.98. The zero-order chi connectivity index (χ0) is 10.8. The van der Waals surface area contributed by atoms with Gasteiger partial charge in [-0.3, -0.25) is 4.79 Å². The van der Waals surface area contributed by atoms with Gasteiger partial charge in [0.15, 0.2) is 0 Å². The van der Waals surface area contributed by atoms with Gasteiger partial charge in [-0.2, -0.15) is 0 Å². The summed E-state index contributed by atoms with van der Waals surface area (Å²) in [5.41, 5.74) is 0. The van der Waals surface area contributed by atoms with Crippen LogP contribution in [0.5, 0.6) is 0 Å². The fourth-order valence-corrected chi connectivity index (χ4v) is 1.23. The fraction of sp³-hybridized carbons (Fsp3) is 0.900. The van der Waals surface area contributed by atoms with Gasteiger partial charge in [0.25, 0.3) is 0 Å². The van der Waals surface area contributed by atoms with E-state index in [1.165, 1.54) is 12.8 Å². The van der Waals surface area contributed by atoms with Gasteiger partial charge in [-0.1, -0.05) is 26.2 Å². The maximum absolute atomic E-state index is 11.0. The van der Waals surface area contributed by atoms with Gasteiger partial charge < -0.3 is 4.74 Å². The summed E-state index contributed by atoms with van der Waals surface area (Å²) >= 11 is 11.0. The van der Waals surface area contributed by atoms with Crippen LogP contribution >= 0.6 is 23.2 Å². The van der Waals surface area contributed by atoms with Gasteiger partial charge in [0, 0.05) is 6.42 Å². The van der Waals surface area contributed by atoms with Crippen molar-refractivity contribution in [2.45, 2.75) is 50.3 Å². The van der Waals surface area contributed by atoms with Crippen molar-refractivity contribution in [3.8, 4) is 0 Å². The summed E-state index contributed by atoms with van der Waals surface area (Å²) in [5.74, 6) is -0.201. The first-order valence-electron chi connectivity index (χ1n) is 5.10. The van der Waals surface area contributed by atoms with Crippen molar-refractivity contribution < 1.29 is 9.53 Å². The zero-order valence-electron chi connectivity index (χ0n) is 8.60. The quantitative estimate of drug-likeness (QED) is 0.368. The fourth-order valence-electron chi connectivity index (χ4n) is 1.01. The Morgan fingerprint density at radius 3 is 2.57 bits per heavy atom. The lowest BCUT2D eigenvalue weighted by Gasteiger charge is -2.04. The van der Waals surface area contributed by atoms with E-state index < -0.39 is 4.84 Å². The molecule has 0 aromatic heterocycles. The third-order valence-electron chi connectivity index (χ3n) is 1.83. The Balaban J connectivity index is 3.18. The molecule has 0 aromatic rings. The molecule has 0 N–H and O–H groups in total. The summed E-state index contributed by atoms with van der Waals surface area (Å²) in [6.07, 6.45) is 5.24. The molecule has 0 radical (unpaired) electrons. The van der Waals surface area contributed by atoms with Crippen molar-refractivity contribution in [2.24, 2.45) is 0 Å². The Morgan fingerprint density at radius 2 is 2.00 bits per heavy atom. The van der Waals surface area contributed by atoms with E-state index >= 15 is 0 Å². The van der Waals surface area contributed by atoms with Crippen LogP contribution in [-0.4, -0.2) is 17.4 Å². The molecule has 0 aliphatic heterocycles. The highest BCUT2D eigenvalue weighted by molar-refractivity contribution is 6.44. The summed E-state index contributed by atoms with van der Waals surface area (Å²) in [4.78, 5) is 10.6. The molecule has 0 heterocycles. The van der Waals surface area contributed by atoms with Gasteiger partial charge in [0.2, 0.25) is 0 Å². The van der Waals surface area contributed by atoms with Crippen LogP contribution in [0, 0.1) is 0 Å². The minimum absolute atomic E-state index is 0.201. The summed E-state index contributed by atoms with van der Waals surface area (Å²) in [6, 6.07) is 0. The molecule has 84 valence electrons. The average Bonchev–Trinajstić information content (AvgIpc) is 2.14. The molecule has 0 saturated carbocycles. The van der Waals surface area contributed by atoms with Crippen LogP contribution in [0.25, 0.3) is 0 Å². The Bertz CT molecular complexity index is 149. The number of alkyl halides is 2. The number of halogens is 2. The predicted octanol–water partition coefficient (Wildman–Crippen LogP) is 3.69. The molecule has 0 rings (SSSR count). The molecule has 14 heavy (non-hydrogen) atoms. The second-order valence-electron chi connectivity index (χ2n) is 3.21. The SMILES string of the molecule is CCCCCCOC(=O)CCC(Cl)Cl. The molecule has 0 aliphatic carbocycles. The number of rotatable bonds is 8. The third-order valence-corrected chi connectivity index (χ3v) is 2.26. The van der Waals surface area contributed by atoms with E-state index in [1.54, 1.807) is 0 Å². The number of hydrogen-bond acceptors (Lipinski definition) is 2. The van der Waals surface area contributed by atoms with Gasteiger partial charge in [-0.05, 0) is 12.8 Å². The van der Waals surface area contributed by atoms with Crippen molar-refractivity contribution >= 4 is 29.2 Å². The number of hydrogen-bond donors (Lipinski definition) is 0. The highest BCUT2D eigenvalue weighted by Gasteiger charge is 2.06. The van der Waals surface area contributed by atoms with E-state index in [0.717, 1.165) is 12.8 Å². The van der Waals surface area contributed by atoms with E-state index in [0.29, 0.717) is 19.4 Å². The molecule has 0 unspecified atom stereocenters. The van der Waals surface area contributed by atoms with E-state index in [1.807, 2.05) is 0 Å². The lowest BCUT2D eigenvalue weighted by Crippen LogP contribution is -2.07. The number of esters is 1. The molecular weight excluding hydrogens is 223 g/mol. The van der Waals surface area contributed by atoms with Crippen molar-refractivity contribution in [1.29, 1.82) is 0 Å². The number of unbranched alkanes of at least 4 members (excludes halogenated alkanes) is 3. The molecular formula is C10H18Cl2O2. The first kappa shape index (κ1) is 14.1. The van der Waals surface area contributed by atoms with Crippen LogP contribution in [0.3, 0.4) is 0 Å². The Labute approximate surface area is 95.9 Å². The molecule has 0 saturated heterocycles. The van der Waals surface area contributed by atoms with E-state index in [-0.39, 0.29) is 5.97 Å². The van der Waals surface area contributed by atoms with Crippen molar-refractivity contribution in [3.63, 3.8) is 0 Å². The van der Waals surface area contributed by atoms with Crippen LogP contribution in [0.1, 0.15) is 45.4 Å². The Kier molecular flexibility index (Phi) is 9.63. The third kappa shape index (κ3) is 10.1. The van der Waals surface area contributed by atoms with E-state index in [9.17, 15) is 4.79 Å². The molecule has 0 aromatic carbocycles. The van der Waals surface area contributed by atoms with Crippen LogP contribution in [0.4, 0.5) is 0 Å². The van der Waals surface area contributed by atoms with Gasteiger partial charge in [0.05, 0.1) is 6.61 Å². The van der Waals surface area contributed by atoms with Crippen LogP contribution < -0.4 is 0 Å². The normalized spacial score (nSPS) is 10.6. The molecule has 0 aliphatic rings. The standard InChI is InChI=1S/C10H18Cl2O2/c1-2-3-4-5-8-14-10(13)7-6-9(11)12/h9H,2-8H2,1H3. The van der Waals surface area contributed by atoms with Gasteiger partial charge in [-0.15, -0.1) is 23.2 Å². The maximum Gasteiger partial charge on any atom is 0.305 e. The topological polar surface area (TPSA) is 26.3 Å². The number of ether oxygens (including phenoxy) is 1. The highest BCUT2D eigenvalue weighted by atomic mass is 35.5. The average molecular weight is 241 g/mol. The minimum atomic E-state index is -0.470. The van der Waals surface area contributed by atoms with Crippen LogP contribution in [0.15, 0.2) is 0 Å². The monoisotopic (exact) mass is 240 g/mol. The molecule has 2 nitrogen and oxygen atoms in total. The van der Waals surface area contributed by atoms with Crippen molar-refractivity contribution in [1.82, 2.24) is 0 Å². The lowest BCUT2D eigenvalue weighted by atomic mass is 10.2. The second-order valence-corrected chi connectivity index (χ2v) is 4.49. The summed E-state index contributed by atoms with van der Waals surface area (Å²) in [5, 5.41) is 0. The number of carbonyl (C=O) groups excluding carboxylic acids is 1. The smallest absolute Gasteiger partial charge is 0.305 e. The first-order chi connectivity index (χ1) is 6.66. The van der Waals surface area contributed by atoms with Crippen molar-refractivity contribution in [2.75, 3.05) is 6.61 Å². The minimum Gasteiger partial charge on any atom is -0.466 e. The van der Waals surface area contributed by atoms with E-state index in [4.69, 9.17) is 27.9 Å². The molecule has 4 heteroatoms.